The van der Waals surface area contributed by atoms with Crippen molar-refractivity contribution in [2.24, 2.45) is 9.98 Å². The van der Waals surface area contributed by atoms with Crippen LogP contribution in [0.1, 0.15) is 43.7 Å². The molecule has 1 aliphatic carbocycles. The van der Waals surface area contributed by atoms with Gasteiger partial charge in [-0.1, -0.05) is 42.7 Å². The van der Waals surface area contributed by atoms with Crippen molar-refractivity contribution in [1.29, 1.82) is 0 Å². The van der Waals surface area contributed by atoms with Crippen LogP contribution in [0.2, 0.25) is 0 Å². The zero-order chi connectivity index (χ0) is 12.8. The van der Waals surface area contributed by atoms with Crippen LogP contribution in [0.25, 0.3) is 0 Å². The van der Waals surface area contributed by atoms with Gasteiger partial charge in [0.05, 0.1) is 12.1 Å². The first-order valence-corrected chi connectivity index (χ1v) is 6.87. The van der Waals surface area contributed by atoms with E-state index in [4.69, 9.17) is 4.99 Å². The van der Waals surface area contributed by atoms with Crippen LogP contribution in [0.4, 0.5) is 0 Å². The van der Waals surface area contributed by atoms with Crippen LogP contribution in [0.3, 0.4) is 0 Å². The molecule has 0 aliphatic heterocycles. The Bertz CT molecular complexity index is 417. The molecule has 1 aromatic rings. The molecule has 0 radical (unpaired) electrons. The number of nitrogens with zero attached hydrogens (tertiary/aromatic N) is 2. The highest BCUT2D eigenvalue weighted by molar-refractivity contribution is 5.79. The molecule has 0 N–H and O–H groups in total. The standard InChI is InChI=1S/C16H22N2/c1-3-17-15-6-4-5-7-16(15)18-12-14-10-8-13(2)9-11-14/h3,8-12,15-16H,4-7H2,1-2H3. The molecule has 2 atom stereocenters. The first kappa shape index (κ1) is 13.0. The molecule has 0 heterocycles. The molecule has 1 aromatic carbocycles. The molecule has 2 rings (SSSR count). The van der Waals surface area contributed by atoms with E-state index in [1.807, 2.05) is 19.4 Å². The number of hydrogen-bond acceptors (Lipinski definition) is 2. The Hall–Kier alpha value is -1.44. The summed E-state index contributed by atoms with van der Waals surface area (Å²) < 4.78 is 0. The highest BCUT2D eigenvalue weighted by atomic mass is 14.9. The molecular formula is C16H22N2. The maximum Gasteiger partial charge on any atom is 0.0723 e. The summed E-state index contributed by atoms with van der Waals surface area (Å²) in [5.41, 5.74) is 2.48. The van der Waals surface area contributed by atoms with Crippen molar-refractivity contribution in [1.82, 2.24) is 0 Å². The topological polar surface area (TPSA) is 24.7 Å². The molecule has 0 saturated heterocycles. The first-order chi connectivity index (χ1) is 8.79. The second-order valence-electron chi connectivity index (χ2n) is 5.02. The van der Waals surface area contributed by atoms with E-state index < -0.39 is 0 Å². The summed E-state index contributed by atoms with van der Waals surface area (Å²) in [6.07, 6.45) is 8.85. The van der Waals surface area contributed by atoms with Crippen LogP contribution in [0.5, 0.6) is 0 Å². The Balaban J connectivity index is 2.04. The fourth-order valence-corrected chi connectivity index (χ4v) is 2.47. The molecule has 2 nitrogen and oxygen atoms in total. The van der Waals surface area contributed by atoms with Crippen molar-refractivity contribution in [3.8, 4) is 0 Å². The molecule has 1 aliphatic rings. The van der Waals surface area contributed by atoms with Gasteiger partial charge < -0.3 is 0 Å². The van der Waals surface area contributed by atoms with Crippen LogP contribution >= 0.6 is 0 Å². The third-order valence-corrected chi connectivity index (χ3v) is 3.53. The Morgan fingerprint density at radius 2 is 1.61 bits per heavy atom. The molecule has 18 heavy (non-hydrogen) atoms. The summed E-state index contributed by atoms with van der Waals surface area (Å²) in [5, 5.41) is 0. The lowest BCUT2D eigenvalue weighted by molar-refractivity contribution is 0.390. The largest absolute Gasteiger partial charge is 0.292 e. The Labute approximate surface area is 110 Å². The molecule has 1 saturated carbocycles. The molecule has 0 amide bonds. The molecule has 0 bridgehead atoms. The average Bonchev–Trinajstić information content (AvgIpc) is 2.40. The van der Waals surface area contributed by atoms with Gasteiger partial charge in [0.1, 0.15) is 0 Å². The molecule has 1 fully saturated rings. The van der Waals surface area contributed by atoms with Crippen LogP contribution in [0.15, 0.2) is 34.3 Å². The highest BCUT2D eigenvalue weighted by Gasteiger charge is 2.22. The van der Waals surface area contributed by atoms with E-state index in [1.54, 1.807) is 0 Å². The Morgan fingerprint density at radius 1 is 1.00 bits per heavy atom. The third kappa shape index (κ3) is 3.52. The van der Waals surface area contributed by atoms with Crippen molar-refractivity contribution >= 4 is 12.4 Å². The van der Waals surface area contributed by atoms with Gasteiger partial charge in [-0.3, -0.25) is 9.98 Å². The van der Waals surface area contributed by atoms with Crippen molar-refractivity contribution in [3.63, 3.8) is 0 Å². The summed E-state index contributed by atoms with van der Waals surface area (Å²) in [6, 6.07) is 9.27. The number of benzene rings is 1. The summed E-state index contributed by atoms with van der Waals surface area (Å²) in [6.45, 7) is 4.10. The quantitative estimate of drug-likeness (QED) is 0.720. The van der Waals surface area contributed by atoms with Gasteiger partial charge in [-0.25, -0.2) is 0 Å². The molecule has 96 valence electrons. The number of hydrogen-bond donors (Lipinski definition) is 0. The highest BCUT2D eigenvalue weighted by Crippen LogP contribution is 2.23. The minimum Gasteiger partial charge on any atom is -0.292 e. The van der Waals surface area contributed by atoms with E-state index in [1.165, 1.54) is 36.8 Å². The van der Waals surface area contributed by atoms with Gasteiger partial charge in [0.2, 0.25) is 0 Å². The van der Waals surface area contributed by atoms with Crippen molar-refractivity contribution in [2.45, 2.75) is 51.6 Å². The molecule has 0 spiro atoms. The van der Waals surface area contributed by atoms with Crippen LogP contribution < -0.4 is 0 Å². The minimum absolute atomic E-state index is 0.372. The fourth-order valence-electron chi connectivity index (χ4n) is 2.47. The Kier molecular flexibility index (Phi) is 4.68. The van der Waals surface area contributed by atoms with E-state index in [-0.39, 0.29) is 0 Å². The van der Waals surface area contributed by atoms with Gasteiger partial charge in [0.15, 0.2) is 0 Å². The van der Waals surface area contributed by atoms with E-state index in [0.29, 0.717) is 12.1 Å². The molecule has 2 heteroatoms. The Morgan fingerprint density at radius 3 is 2.22 bits per heavy atom. The summed E-state index contributed by atoms with van der Waals surface area (Å²) in [4.78, 5) is 9.30. The van der Waals surface area contributed by atoms with Gasteiger partial charge in [-0.15, -0.1) is 0 Å². The summed E-state index contributed by atoms with van der Waals surface area (Å²) >= 11 is 0. The van der Waals surface area contributed by atoms with E-state index >= 15 is 0 Å². The molecule has 0 aromatic heterocycles. The van der Waals surface area contributed by atoms with Crippen LogP contribution in [-0.4, -0.2) is 24.5 Å². The lowest BCUT2D eigenvalue weighted by atomic mass is 9.91. The van der Waals surface area contributed by atoms with Crippen LogP contribution in [-0.2, 0) is 0 Å². The zero-order valence-corrected chi connectivity index (χ0v) is 11.3. The SMILES string of the molecule is CC=NC1CCCCC1N=Cc1ccc(C)cc1. The molecule has 2 unspecified atom stereocenters. The fraction of sp³-hybridized carbons (Fsp3) is 0.500. The first-order valence-electron chi connectivity index (χ1n) is 6.87. The van der Waals surface area contributed by atoms with E-state index in [2.05, 4.69) is 36.2 Å². The summed E-state index contributed by atoms with van der Waals surface area (Å²) in [5.74, 6) is 0. The van der Waals surface area contributed by atoms with Gasteiger partial charge in [0, 0.05) is 6.21 Å². The maximum absolute atomic E-state index is 4.74. The smallest absolute Gasteiger partial charge is 0.0723 e. The second kappa shape index (κ2) is 6.48. The zero-order valence-electron chi connectivity index (χ0n) is 11.3. The van der Waals surface area contributed by atoms with E-state index in [9.17, 15) is 0 Å². The maximum atomic E-state index is 4.74. The minimum atomic E-state index is 0.372. The van der Waals surface area contributed by atoms with Crippen LogP contribution in [0, 0.1) is 6.92 Å². The number of aryl methyl sites for hydroxylation is 1. The normalized spacial score (nSPS) is 25.0. The van der Waals surface area contributed by atoms with Gasteiger partial charge in [0.25, 0.3) is 0 Å². The molecular weight excluding hydrogens is 220 g/mol. The van der Waals surface area contributed by atoms with Gasteiger partial charge in [-0.2, -0.15) is 0 Å². The second-order valence-corrected chi connectivity index (χ2v) is 5.02. The lowest BCUT2D eigenvalue weighted by Gasteiger charge is -2.25. The van der Waals surface area contributed by atoms with Crippen molar-refractivity contribution in [2.75, 3.05) is 0 Å². The predicted octanol–water partition coefficient (Wildman–Crippen LogP) is 3.82. The van der Waals surface area contributed by atoms with Crippen molar-refractivity contribution < 1.29 is 0 Å². The third-order valence-electron chi connectivity index (χ3n) is 3.53. The van der Waals surface area contributed by atoms with E-state index in [0.717, 1.165) is 0 Å². The van der Waals surface area contributed by atoms with Gasteiger partial charge in [-0.05, 0) is 38.5 Å². The lowest BCUT2D eigenvalue weighted by Crippen LogP contribution is -2.26. The number of rotatable bonds is 3. The van der Waals surface area contributed by atoms with Crippen molar-refractivity contribution in [3.05, 3.63) is 35.4 Å². The predicted molar refractivity (Wildman–Crippen MR) is 79.0 cm³/mol. The number of aliphatic imine (C=N–C) groups is 2. The summed E-state index contributed by atoms with van der Waals surface area (Å²) in [7, 11) is 0. The van der Waals surface area contributed by atoms with Gasteiger partial charge >= 0.3 is 0 Å². The average molecular weight is 242 g/mol. The monoisotopic (exact) mass is 242 g/mol.